The van der Waals surface area contributed by atoms with Gasteiger partial charge in [0.05, 0.1) is 18.1 Å². The molecule has 0 atom stereocenters. The highest BCUT2D eigenvalue weighted by Gasteiger charge is 2.27. The van der Waals surface area contributed by atoms with Gasteiger partial charge in [0.25, 0.3) is 0 Å². The monoisotopic (exact) mass is 521 g/mol. The normalized spacial score (nSPS) is 19.0. The molecule has 0 spiro atoms. The molecule has 2 heterocycles. The smallest absolute Gasteiger partial charge is 0.243 e. The summed E-state index contributed by atoms with van der Waals surface area (Å²) in [7, 11) is -3.53. The maximum atomic E-state index is 12.7. The van der Waals surface area contributed by atoms with Gasteiger partial charge in [0.2, 0.25) is 15.9 Å². The van der Waals surface area contributed by atoms with E-state index < -0.39 is 10.0 Å². The number of ether oxygens (including phenoxy) is 1. The third-order valence-corrected chi connectivity index (χ3v) is 8.39. The van der Waals surface area contributed by atoms with Crippen molar-refractivity contribution in [2.24, 2.45) is 5.92 Å². The molecule has 2 fully saturated rings. The maximum Gasteiger partial charge on any atom is 0.243 e. The molecule has 0 bridgehead atoms. The second kappa shape index (κ2) is 10.4. The van der Waals surface area contributed by atoms with E-state index in [2.05, 4.69) is 38.3 Å². The van der Waals surface area contributed by atoms with Gasteiger partial charge in [-0.15, -0.1) is 0 Å². The van der Waals surface area contributed by atoms with Crippen LogP contribution in [-0.2, 0) is 26.1 Å². The molecule has 32 heavy (non-hydrogen) atoms. The predicted octanol–water partition coefficient (Wildman–Crippen LogP) is 3.32. The fourth-order valence-electron chi connectivity index (χ4n) is 4.14. The molecule has 0 unspecified atom stereocenters. The summed E-state index contributed by atoms with van der Waals surface area (Å²) < 4.78 is 33.2. The molecule has 2 aliphatic heterocycles. The first-order valence-electron chi connectivity index (χ1n) is 10.9. The molecule has 4 rings (SSSR count). The Morgan fingerprint density at radius 2 is 1.72 bits per heavy atom. The lowest BCUT2D eigenvalue weighted by Gasteiger charge is -2.31. The van der Waals surface area contributed by atoms with Gasteiger partial charge < -0.3 is 10.1 Å². The van der Waals surface area contributed by atoms with Gasteiger partial charge in [-0.1, -0.05) is 28.1 Å². The Morgan fingerprint density at radius 3 is 2.38 bits per heavy atom. The summed E-state index contributed by atoms with van der Waals surface area (Å²) in [5.41, 5.74) is 1.88. The Labute approximate surface area is 197 Å². The quantitative estimate of drug-likeness (QED) is 0.630. The van der Waals surface area contributed by atoms with Crippen molar-refractivity contribution < 1.29 is 17.9 Å². The molecule has 2 aromatic rings. The molecular weight excluding hydrogens is 494 g/mol. The lowest BCUT2D eigenvalue weighted by Crippen LogP contribution is -2.40. The number of halogens is 1. The summed E-state index contributed by atoms with van der Waals surface area (Å²) in [6, 6.07) is 14.7. The molecule has 9 heteroatoms. The van der Waals surface area contributed by atoms with E-state index in [9.17, 15) is 13.2 Å². The number of carbonyl (C=O) groups excluding carboxylic acids is 1. The van der Waals surface area contributed by atoms with E-state index >= 15 is 0 Å². The van der Waals surface area contributed by atoms with Crippen LogP contribution >= 0.6 is 15.9 Å². The molecule has 0 saturated carbocycles. The second-order valence-electron chi connectivity index (χ2n) is 8.21. The highest BCUT2D eigenvalue weighted by Crippen LogP contribution is 2.23. The van der Waals surface area contributed by atoms with Gasteiger partial charge in [-0.05, 0) is 67.9 Å². The lowest BCUT2D eigenvalue weighted by atomic mass is 9.95. The van der Waals surface area contributed by atoms with E-state index in [1.165, 1.54) is 9.87 Å². The number of piperidine rings is 1. The third kappa shape index (κ3) is 5.77. The van der Waals surface area contributed by atoms with Crippen LogP contribution in [0, 0.1) is 5.92 Å². The maximum absolute atomic E-state index is 12.7. The highest BCUT2D eigenvalue weighted by atomic mass is 79.9. The first kappa shape index (κ1) is 23.4. The first-order chi connectivity index (χ1) is 15.4. The van der Waals surface area contributed by atoms with E-state index in [0.29, 0.717) is 32.0 Å². The van der Waals surface area contributed by atoms with Crippen LogP contribution < -0.4 is 5.32 Å². The van der Waals surface area contributed by atoms with Gasteiger partial charge in [-0.25, -0.2) is 8.42 Å². The molecular formula is C23H28BrN3O4S. The number of nitrogens with one attached hydrogen (secondary N) is 1. The van der Waals surface area contributed by atoms with Crippen LogP contribution in [0.15, 0.2) is 57.9 Å². The molecule has 7 nitrogen and oxygen atoms in total. The van der Waals surface area contributed by atoms with Crippen molar-refractivity contribution in [3.05, 3.63) is 58.6 Å². The second-order valence-corrected chi connectivity index (χ2v) is 11.1. The Morgan fingerprint density at radius 1 is 1.03 bits per heavy atom. The van der Waals surface area contributed by atoms with Gasteiger partial charge in [-0.2, -0.15) is 4.31 Å². The number of benzene rings is 2. The standard InChI is InChI=1S/C23H28BrN3O4S/c24-20-3-1-2-18(16-20)17-26-10-8-19(9-11-26)23(28)25-21-4-6-22(7-5-21)32(29,30)27-12-14-31-15-13-27/h1-7,16,19H,8-15,17H2,(H,25,28). The van der Waals surface area contributed by atoms with Crippen LogP contribution in [0.25, 0.3) is 0 Å². The number of nitrogens with zero attached hydrogens (tertiary/aromatic N) is 2. The van der Waals surface area contributed by atoms with Crippen molar-refractivity contribution in [1.82, 2.24) is 9.21 Å². The number of anilines is 1. The van der Waals surface area contributed by atoms with E-state index in [1.807, 2.05) is 12.1 Å². The van der Waals surface area contributed by atoms with E-state index in [4.69, 9.17) is 4.74 Å². The van der Waals surface area contributed by atoms with E-state index in [-0.39, 0.29) is 16.7 Å². The number of amides is 1. The molecule has 172 valence electrons. The van der Waals surface area contributed by atoms with Crippen molar-refractivity contribution in [2.45, 2.75) is 24.3 Å². The zero-order valence-corrected chi connectivity index (χ0v) is 20.3. The fraction of sp³-hybridized carbons (Fsp3) is 0.435. The highest BCUT2D eigenvalue weighted by molar-refractivity contribution is 9.10. The summed E-state index contributed by atoms with van der Waals surface area (Å²) in [4.78, 5) is 15.3. The summed E-state index contributed by atoms with van der Waals surface area (Å²) in [5.74, 6) is -0.0404. The molecule has 0 aliphatic carbocycles. The van der Waals surface area contributed by atoms with E-state index in [0.717, 1.165) is 36.9 Å². The van der Waals surface area contributed by atoms with Crippen molar-refractivity contribution in [3.63, 3.8) is 0 Å². The van der Waals surface area contributed by atoms with Crippen molar-refractivity contribution in [1.29, 1.82) is 0 Å². The average Bonchev–Trinajstić information content (AvgIpc) is 2.80. The summed E-state index contributed by atoms with van der Waals surface area (Å²) >= 11 is 3.51. The van der Waals surface area contributed by atoms with Gasteiger partial charge in [-0.3, -0.25) is 9.69 Å². The number of hydrogen-bond acceptors (Lipinski definition) is 5. The Balaban J connectivity index is 1.29. The number of sulfonamides is 1. The zero-order chi connectivity index (χ0) is 22.6. The first-order valence-corrected chi connectivity index (χ1v) is 13.1. The van der Waals surface area contributed by atoms with Crippen LogP contribution in [0.3, 0.4) is 0 Å². The summed E-state index contributed by atoms with van der Waals surface area (Å²) in [6.07, 6.45) is 1.62. The number of hydrogen-bond donors (Lipinski definition) is 1. The molecule has 2 aromatic carbocycles. The average molecular weight is 522 g/mol. The minimum absolute atomic E-state index is 0.00380. The molecule has 2 saturated heterocycles. The van der Waals surface area contributed by atoms with Crippen LogP contribution in [0.4, 0.5) is 5.69 Å². The van der Waals surface area contributed by atoms with Gasteiger partial charge in [0, 0.05) is 35.7 Å². The third-order valence-electron chi connectivity index (χ3n) is 5.98. The fourth-order valence-corrected chi connectivity index (χ4v) is 5.99. The molecule has 1 amide bonds. The minimum Gasteiger partial charge on any atom is -0.379 e. The van der Waals surface area contributed by atoms with Gasteiger partial charge in [0.1, 0.15) is 0 Å². The molecule has 0 aromatic heterocycles. The van der Waals surface area contributed by atoms with Crippen molar-refractivity contribution >= 4 is 37.5 Å². The SMILES string of the molecule is O=C(Nc1ccc(S(=O)(=O)N2CCOCC2)cc1)C1CCN(Cc2cccc(Br)c2)CC1. The predicted molar refractivity (Wildman–Crippen MR) is 127 cm³/mol. The molecule has 0 radical (unpaired) electrons. The van der Waals surface area contributed by atoms with Crippen LogP contribution in [0.1, 0.15) is 18.4 Å². The Hall–Kier alpha value is -1.78. The molecule has 2 aliphatic rings. The summed E-state index contributed by atoms with van der Waals surface area (Å²) in [6.45, 7) is 4.18. The van der Waals surface area contributed by atoms with Gasteiger partial charge >= 0.3 is 0 Å². The largest absolute Gasteiger partial charge is 0.379 e. The Kier molecular flexibility index (Phi) is 7.63. The number of likely N-dealkylation sites (tertiary alicyclic amines) is 1. The van der Waals surface area contributed by atoms with Crippen molar-refractivity contribution in [3.8, 4) is 0 Å². The van der Waals surface area contributed by atoms with Crippen LogP contribution in [0.2, 0.25) is 0 Å². The molecule has 1 N–H and O–H groups in total. The number of morpholine rings is 1. The minimum atomic E-state index is -3.53. The lowest BCUT2D eigenvalue weighted by molar-refractivity contribution is -0.121. The van der Waals surface area contributed by atoms with E-state index in [1.54, 1.807) is 24.3 Å². The van der Waals surface area contributed by atoms with Crippen molar-refractivity contribution in [2.75, 3.05) is 44.7 Å². The number of rotatable bonds is 6. The summed E-state index contributed by atoms with van der Waals surface area (Å²) in [5, 5.41) is 2.95. The zero-order valence-electron chi connectivity index (χ0n) is 17.9. The Bertz CT molecular complexity index is 1030. The topological polar surface area (TPSA) is 79.0 Å². The van der Waals surface area contributed by atoms with Crippen LogP contribution in [-0.4, -0.2) is 62.9 Å². The van der Waals surface area contributed by atoms with Crippen LogP contribution in [0.5, 0.6) is 0 Å². The number of carbonyl (C=O) groups is 1. The van der Waals surface area contributed by atoms with Gasteiger partial charge in [0.15, 0.2) is 0 Å².